The Morgan fingerprint density at radius 2 is 1.60 bits per heavy atom. The number of carbonyl (C=O) groups excluding carboxylic acids is 2. The van der Waals surface area contributed by atoms with Crippen LogP contribution >= 0.6 is 0 Å². The predicted octanol–water partition coefficient (Wildman–Crippen LogP) is 4.92. The van der Waals surface area contributed by atoms with E-state index in [1.54, 1.807) is 6.92 Å². The lowest BCUT2D eigenvalue weighted by molar-refractivity contribution is -0.131. The van der Waals surface area contributed by atoms with E-state index in [1.165, 1.54) is 16.0 Å². The molecule has 0 radical (unpaired) electrons. The normalized spacial score (nSPS) is 19.2. The Labute approximate surface area is 179 Å². The van der Waals surface area contributed by atoms with E-state index in [0.717, 1.165) is 17.7 Å². The van der Waals surface area contributed by atoms with Gasteiger partial charge in [-0.3, -0.25) is 9.69 Å². The van der Waals surface area contributed by atoms with Gasteiger partial charge < -0.3 is 10.1 Å². The maximum absolute atomic E-state index is 13.0. The largest absolute Gasteiger partial charge is 0.494 e. The van der Waals surface area contributed by atoms with Gasteiger partial charge in [-0.05, 0) is 55.4 Å². The van der Waals surface area contributed by atoms with Crippen LogP contribution in [0.25, 0.3) is 0 Å². The lowest BCUT2D eigenvalue weighted by atomic mass is 9.84. The fraction of sp³-hybridized carbons (Fsp3) is 0.440. The number of urea groups is 1. The molecule has 5 nitrogen and oxygen atoms in total. The van der Waals surface area contributed by atoms with Gasteiger partial charge in [0.2, 0.25) is 0 Å². The van der Waals surface area contributed by atoms with Gasteiger partial charge in [0.25, 0.3) is 5.91 Å². The Morgan fingerprint density at radius 1 is 0.967 bits per heavy atom. The molecule has 3 rings (SSSR count). The fourth-order valence-corrected chi connectivity index (χ4v) is 3.60. The van der Waals surface area contributed by atoms with Crippen molar-refractivity contribution in [1.82, 2.24) is 10.2 Å². The number of carbonyl (C=O) groups is 2. The molecule has 1 atom stereocenters. The predicted molar refractivity (Wildman–Crippen MR) is 119 cm³/mol. The van der Waals surface area contributed by atoms with E-state index in [-0.39, 0.29) is 17.4 Å². The number of nitrogens with zero attached hydrogens (tertiary/aromatic N) is 1. The van der Waals surface area contributed by atoms with Crippen LogP contribution in [0.1, 0.15) is 57.2 Å². The summed E-state index contributed by atoms with van der Waals surface area (Å²) in [5, 5.41) is 2.88. The maximum atomic E-state index is 13.0. The highest BCUT2D eigenvalue weighted by molar-refractivity contribution is 6.07. The Balaban J connectivity index is 1.55. The number of unbranched alkanes of at least 4 members (excludes halogenated alkanes) is 1. The van der Waals surface area contributed by atoms with Gasteiger partial charge in [0.15, 0.2) is 0 Å². The summed E-state index contributed by atoms with van der Waals surface area (Å²) in [7, 11) is 0. The molecular formula is C25H32N2O3. The molecule has 0 spiro atoms. The second-order valence-corrected chi connectivity index (χ2v) is 9.21. The summed E-state index contributed by atoms with van der Waals surface area (Å²) in [6.45, 7) is 11.2. The Hall–Kier alpha value is -2.82. The number of amides is 3. The molecular weight excluding hydrogens is 376 g/mol. The number of ether oxygens (including phenoxy) is 1. The van der Waals surface area contributed by atoms with Gasteiger partial charge in [0.05, 0.1) is 6.61 Å². The van der Waals surface area contributed by atoms with Crippen molar-refractivity contribution in [3.8, 4) is 5.75 Å². The minimum atomic E-state index is -1.02. The third kappa shape index (κ3) is 4.66. The summed E-state index contributed by atoms with van der Waals surface area (Å²) in [6, 6.07) is 15.5. The molecule has 160 valence electrons. The fourth-order valence-electron chi connectivity index (χ4n) is 3.60. The van der Waals surface area contributed by atoms with E-state index in [1.807, 2.05) is 55.5 Å². The molecule has 2 aromatic rings. The van der Waals surface area contributed by atoms with Gasteiger partial charge >= 0.3 is 6.03 Å². The SMILES string of the molecule is Cc1ccc(OCCCCN2C(=O)NC(C)(c3ccc(C(C)(C)C)cc3)C2=O)cc1. The first-order chi connectivity index (χ1) is 14.1. The number of nitrogens with one attached hydrogen (secondary N) is 1. The van der Waals surface area contributed by atoms with Crippen molar-refractivity contribution in [2.75, 3.05) is 13.2 Å². The van der Waals surface area contributed by atoms with Crippen molar-refractivity contribution in [2.24, 2.45) is 0 Å². The second kappa shape index (κ2) is 8.50. The van der Waals surface area contributed by atoms with Gasteiger partial charge in [-0.15, -0.1) is 0 Å². The summed E-state index contributed by atoms with van der Waals surface area (Å²) in [6.07, 6.45) is 1.46. The van der Waals surface area contributed by atoms with Gasteiger partial charge in [0, 0.05) is 6.54 Å². The molecule has 0 bridgehead atoms. The Morgan fingerprint density at radius 3 is 2.20 bits per heavy atom. The first-order valence-electron chi connectivity index (χ1n) is 10.6. The number of hydrogen-bond acceptors (Lipinski definition) is 3. The molecule has 1 heterocycles. The van der Waals surface area contributed by atoms with Crippen molar-refractivity contribution < 1.29 is 14.3 Å². The second-order valence-electron chi connectivity index (χ2n) is 9.21. The molecule has 1 fully saturated rings. The smallest absolute Gasteiger partial charge is 0.325 e. The molecule has 30 heavy (non-hydrogen) atoms. The Kier molecular flexibility index (Phi) is 6.20. The van der Waals surface area contributed by atoms with Crippen molar-refractivity contribution in [1.29, 1.82) is 0 Å². The lowest BCUT2D eigenvalue weighted by Gasteiger charge is -2.24. The molecule has 1 N–H and O–H groups in total. The molecule has 1 unspecified atom stereocenters. The van der Waals surface area contributed by atoms with E-state index in [2.05, 4.69) is 26.1 Å². The van der Waals surface area contributed by atoms with E-state index in [0.29, 0.717) is 19.6 Å². The van der Waals surface area contributed by atoms with E-state index in [4.69, 9.17) is 4.74 Å². The average molecular weight is 409 g/mol. The number of benzene rings is 2. The van der Waals surface area contributed by atoms with E-state index < -0.39 is 5.54 Å². The first kappa shape index (κ1) is 21.9. The summed E-state index contributed by atoms with van der Waals surface area (Å²) in [5.74, 6) is 0.636. The van der Waals surface area contributed by atoms with Crippen molar-refractivity contribution >= 4 is 11.9 Å². The maximum Gasteiger partial charge on any atom is 0.325 e. The van der Waals surface area contributed by atoms with E-state index >= 15 is 0 Å². The molecule has 0 aliphatic carbocycles. The lowest BCUT2D eigenvalue weighted by Crippen LogP contribution is -2.41. The zero-order valence-corrected chi connectivity index (χ0v) is 18.6. The molecule has 0 aromatic heterocycles. The highest BCUT2D eigenvalue weighted by Gasteiger charge is 2.48. The van der Waals surface area contributed by atoms with Gasteiger partial charge in [0.1, 0.15) is 11.3 Å². The van der Waals surface area contributed by atoms with Crippen molar-refractivity contribution in [3.63, 3.8) is 0 Å². The molecule has 5 heteroatoms. The summed E-state index contributed by atoms with van der Waals surface area (Å²) in [4.78, 5) is 26.9. The summed E-state index contributed by atoms with van der Waals surface area (Å²) >= 11 is 0. The van der Waals surface area contributed by atoms with Crippen LogP contribution in [-0.2, 0) is 15.7 Å². The van der Waals surface area contributed by atoms with Crippen LogP contribution in [0, 0.1) is 6.92 Å². The highest BCUT2D eigenvalue weighted by Crippen LogP contribution is 2.31. The molecule has 3 amide bonds. The topological polar surface area (TPSA) is 58.6 Å². The van der Waals surface area contributed by atoms with Crippen LogP contribution in [0.15, 0.2) is 48.5 Å². The molecule has 1 aliphatic heterocycles. The number of hydrogen-bond donors (Lipinski definition) is 1. The van der Waals surface area contributed by atoms with Crippen molar-refractivity contribution in [2.45, 2.75) is 58.4 Å². The average Bonchev–Trinajstić information content (AvgIpc) is 2.92. The van der Waals surface area contributed by atoms with E-state index in [9.17, 15) is 9.59 Å². The zero-order chi connectivity index (χ0) is 21.9. The quantitative estimate of drug-likeness (QED) is 0.523. The third-order valence-electron chi connectivity index (χ3n) is 5.67. The van der Waals surface area contributed by atoms with Gasteiger partial charge in [-0.25, -0.2) is 4.79 Å². The first-order valence-corrected chi connectivity index (χ1v) is 10.6. The minimum absolute atomic E-state index is 0.0368. The van der Waals surface area contributed by atoms with Crippen LogP contribution in [0.3, 0.4) is 0 Å². The van der Waals surface area contributed by atoms with Crippen LogP contribution < -0.4 is 10.1 Å². The van der Waals surface area contributed by atoms with Crippen LogP contribution in [0.2, 0.25) is 0 Å². The number of rotatable bonds is 7. The van der Waals surface area contributed by atoms with Gasteiger partial charge in [-0.2, -0.15) is 0 Å². The van der Waals surface area contributed by atoms with Crippen LogP contribution in [0.4, 0.5) is 4.79 Å². The summed E-state index contributed by atoms with van der Waals surface area (Å²) < 4.78 is 5.72. The number of aryl methyl sites for hydroxylation is 1. The summed E-state index contributed by atoms with van der Waals surface area (Å²) in [5.41, 5.74) is 2.20. The van der Waals surface area contributed by atoms with Crippen LogP contribution in [-0.4, -0.2) is 30.0 Å². The molecule has 1 aliphatic rings. The zero-order valence-electron chi connectivity index (χ0n) is 18.6. The molecule has 0 saturated carbocycles. The molecule has 1 saturated heterocycles. The number of imide groups is 1. The Bertz CT molecular complexity index is 897. The molecule has 2 aromatic carbocycles. The minimum Gasteiger partial charge on any atom is -0.494 e. The highest BCUT2D eigenvalue weighted by atomic mass is 16.5. The standard InChI is InChI=1S/C25H32N2O3/c1-18-8-14-21(15-9-18)30-17-7-6-16-27-22(28)25(5,26-23(27)29)20-12-10-19(11-13-20)24(2,3)4/h8-15H,6-7,16-17H2,1-5H3,(H,26,29). The monoisotopic (exact) mass is 408 g/mol. The third-order valence-corrected chi connectivity index (χ3v) is 5.67. The van der Waals surface area contributed by atoms with Crippen molar-refractivity contribution in [3.05, 3.63) is 65.2 Å². The van der Waals surface area contributed by atoms with Crippen LogP contribution in [0.5, 0.6) is 5.75 Å². The van der Waals surface area contributed by atoms with Gasteiger partial charge in [-0.1, -0.05) is 62.7 Å².